The van der Waals surface area contributed by atoms with Crippen molar-refractivity contribution in [2.75, 3.05) is 5.32 Å². The van der Waals surface area contributed by atoms with Gasteiger partial charge >= 0.3 is 0 Å². The number of allylic oxidation sites excluding steroid dienone is 5. The second-order valence-corrected chi connectivity index (χ2v) is 9.10. The van der Waals surface area contributed by atoms with Crippen LogP contribution in [0.25, 0.3) is 0 Å². The molecule has 4 rings (SSSR count). The Bertz CT molecular complexity index is 1060. The van der Waals surface area contributed by atoms with E-state index in [2.05, 4.69) is 110 Å². The number of nitrogens with one attached hydrogen (secondary N) is 1. The maximum atomic E-state index is 5.33. The summed E-state index contributed by atoms with van der Waals surface area (Å²) in [6, 6.07) is 27.1. The third-order valence-corrected chi connectivity index (χ3v) is 5.62. The van der Waals surface area contributed by atoms with E-state index >= 15 is 0 Å². The lowest BCUT2D eigenvalue weighted by Gasteiger charge is -2.14. The Morgan fingerprint density at radius 3 is 1.82 bits per heavy atom. The first-order chi connectivity index (χ1) is 15.9. The van der Waals surface area contributed by atoms with Crippen molar-refractivity contribution in [1.82, 2.24) is 0 Å². The van der Waals surface area contributed by atoms with Crippen LogP contribution in [0.1, 0.15) is 50.7 Å². The minimum Gasteiger partial charge on any atom is -0.355 e. The number of para-hydroxylation sites is 2. The van der Waals surface area contributed by atoms with Crippen LogP contribution in [-0.2, 0) is 0 Å². The lowest BCUT2D eigenvalue weighted by Crippen LogP contribution is -1.97. The third-order valence-electron chi connectivity index (χ3n) is 4.89. The first-order valence-electron chi connectivity index (χ1n) is 11.3. The van der Waals surface area contributed by atoms with Gasteiger partial charge in [-0.05, 0) is 47.2 Å². The molecule has 3 N–H and O–H groups in total. The van der Waals surface area contributed by atoms with Gasteiger partial charge in [-0.15, -0.1) is 0 Å². The van der Waals surface area contributed by atoms with Gasteiger partial charge in [0.15, 0.2) is 0 Å². The van der Waals surface area contributed by atoms with E-state index in [0.29, 0.717) is 11.8 Å². The van der Waals surface area contributed by atoms with E-state index in [1.54, 1.807) is 6.08 Å². The van der Waals surface area contributed by atoms with Gasteiger partial charge in [0.2, 0.25) is 0 Å². The number of hydrogen-bond donors (Lipinski definition) is 2. The Labute approximate surface area is 208 Å². The van der Waals surface area contributed by atoms with Gasteiger partial charge in [0.25, 0.3) is 0 Å². The molecule has 0 bridgehead atoms. The average molecular weight is 503 g/mol. The molecule has 0 spiro atoms. The molecule has 0 atom stereocenters. The zero-order valence-electron chi connectivity index (χ0n) is 19.9. The zero-order chi connectivity index (χ0) is 24.1. The van der Waals surface area contributed by atoms with Gasteiger partial charge < -0.3 is 11.1 Å². The number of benzene rings is 3. The lowest BCUT2D eigenvalue weighted by atomic mass is 10.0. The maximum absolute atomic E-state index is 5.33. The molecular formula is C30H34BrN2+. The van der Waals surface area contributed by atoms with Crippen LogP contribution < -0.4 is 11.1 Å². The molecule has 3 aromatic rings. The molecule has 0 amide bonds. The summed E-state index contributed by atoms with van der Waals surface area (Å²) >= 11 is 3.50. The molecule has 0 radical (unpaired) electrons. The molecule has 0 fully saturated rings. The molecule has 0 aromatic heterocycles. The van der Waals surface area contributed by atoms with Crippen molar-refractivity contribution in [3.05, 3.63) is 131 Å². The largest absolute Gasteiger partial charge is 0.355 e. The van der Waals surface area contributed by atoms with Gasteiger partial charge in [-0.1, -0.05) is 98.2 Å². The van der Waals surface area contributed by atoms with Crippen molar-refractivity contribution in [1.29, 1.82) is 0 Å². The van der Waals surface area contributed by atoms with Crippen LogP contribution in [0.2, 0.25) is 0 Å². The first kappa shape index (κ1) is 26.1. The molecule has 3 aromatic carbocycles. The fourth-order valence-corrected chi connectivity index (χ4v) is 3.88. The van der Waals surface area contributed by atoms with E-state index in [4.69, 9.17) is 5.73 Å². The SMILES string of the molecule is CC(C)c1ccccc1Br.CC(C)c1ccccc1Nc1ccccc1.NC1=CC=C[C+]=C1. The molecule has 33 heavy (non-hydrogen) atoms. The Morgan fingerprint density at radius 2 is 1.33 bits per heavy atom. The summed E-state index contributed by atoms with van der Waals surface area (Å²) in [5, 5.41) is 3.45. The monoisotopic (exact) mass is 501 g/mol. The maximum Gasteiger partial charge on any atom is 0.144 e. The van der Waals surface area contributed by atoms with Crippen molar-refractivity contribution in [3.8, 4) is 0 Å². The van der Waals surface area contributed by atoms with Crippen LogP contribution in [0, 0.1) is 6.08 Å². The molecule has 0 aliphatic heterocycles. The van der Waals surface area contributed by atoms with Crippen LogP contribution in [0.3, 0.4) is 0 Å². The zero-order valence-corrected chi connectivity index (χ0v) is 21.5. The predicted octanol–water partition coefficient (Wildman–Crippen LogP) is 8.88. The van der Waals surface area contributed by atoms with Crippen molar-refractivity contribution >= 4 is 27.3 Å². The minimum absolute atomic E-state index is 0.535. The minimum atomic E-state index is 0.535. The Morgan fingerprint density at radius 1 is 0.758 bits per heavy atom. The third kappa shape index (κ3) is 9.49. The molecule has 0 saturated carbocycles. The number of anilines is 2. The van der Waals surface area contributed by atoms with Crippen LogP contribution >= 0.6 is 15.9 Å². The number of halogens is 1. The summed E-state index contributed by atoms with van der Waals surface area (Å²) in [6.07, 6.45) is 10.1. The normalized spacial score (nSPS) is 11.5. The number of rotatable bonds is 4. The summed E-state index contributed by atoms with van der Waals surface area (Å²) in [7, 11) is 0. The van der Waals surface area contributed by atoms with Crippen LogP contribution in [-0.4, -0.2) is 0 Å². The highest BCUT2D eigenvalue weighted by Crippen LogP contribution is 2.26. The molecule has 170 valence electrons. The van der Waals surface area contributed by atoms with Gasteiger partial charge in [0.05, 0.1) is 6.08 Å². The molecule has 3 heteroatoms. The molecular weight excluding hydrogens is 468 g/mol. The van der Waals surface area contributed by atoms with E-state index in [1.165, 1.54) is 21.3 Å². The van der Waals surface area contributed by atoms with E-state index < -0.39 is 0 Å². The molecule has 0 heterocycles. The topological polar surface area (TPSA) is 38.0 Å². The molecule has 2 nitrogen and oxygen atoms in total. The van der Waals surface area contributed by atoms with Crippen molar-refractivity contribution < 1.29 is 0 Å². The van der Waals surface area contributed by atoms with E-state index in [-0.39, 0.29) is 0 Å². The van der Waals surface area contributed by atoms with Gasteiger partial charge in [-0.3, -0.25) is 0 Å². The summed E-state index contributed by atoms with van der Waals surface area (Å²) in [4.78, 5) is 0. The van der Waals surface area contributed by atoms with Crippen LogP contribution in [0.5, 0.6) is 0 Å². The predicted molar refractivity (Wildman–Crippen MR) is 148 cm³/mol. The summed E-state index contributed by atoms with van der Waals surface area (Å²) in [6.45, 7) is 8.82. The van der Waals surface area contributed by atoms with Crippen molar-refractivity contribution in [3.63, 3.8) is 0 Å². The van der Waals surface area contributed by atoms with Crippen LogP contribution in [0.4, 0.5) is 11.4 Å². The second kappa shape index (κ2) is 14.1. The van der Waals surface area contributed by atoms with E-state index in [1.807, 2.05) is 42.5 Å². The fraction of sp³-hybridized carbons (Fsp3) is 0.200. The second-order valence-electron chi connectivity index (χ2n) is 8.25. The fourth-order valence-electron chi connectivity index (χ4n) is 3.14. The average Bonchev–Trinajstić information content (AvgIpc) is 2.81. The van der Waals surface area contributed by atoms with E-state index in [0.717, 1.165) is 11.4 Å². The smallest absolute Gasteiger partial charge is 0.144 e. The molecule has 1 aliphatic rings. The van der Waals surface area contributed by atoms with Crippen molar-refractivity contribution in [2.45, 2.75) is 39.5 Å². The molecule has 0 unspecified atom stereocenters. The summed E-state index contributed by atoms with van der Waals surface area (Å²) in [5.74, 6) is 1.14. The number of hydrogen-bond acceptors (Lipinski definition) is 2. The standard InChI is InChI=1S/C15H17N.C9H11Br.C6H6N/c1-12(2)14-10-6-7-11-15(14)16-13-8-4-3-5-9-13;1-7(2)8-5-3-4-6-9(8)10;7-6-4-2-1-3-5-6/h3-12,16H,1-2H3;3-7H,1-2H3;1-2,4-5H,7H2/q;;+1. The highest BCUT2D eigenvalue weighted by atomic mass is 79.9. The van der Waals surface area contributed by atoms with Crippen LogP contribution in [0.15, 0.2) is 113 Å². The van der Waals surface area contributed by atoms with E-state index in [9.17, 15) is 0 Å². The van der Waals surface area contributed by atoms with Gasteiger partial charge in [-0.2, -0.15) is 0 Å². The number of nitrogens with two attached hydrogens (primary N) is 1. The Balaban J connectivity index is 0.000000193. The molecule has 0 saturated heterocycles. The Hall–Kier alpha value is -3.13. The van der Waals surface area contributed by atoms with Gasteiger partial charge in [0, 0.05) is 28.0 Å². The van der Waals surface area contributed by atoms with Gasteiger partial charge in [0.1, 0.15) is 17.8 Å². The highest BCUT2D eigenvalue weighted by Gasteiger charge is 2.05. The molecule has 1 aliphatic carbocycles. The lowest BCUT2D eigenvalue weighted by molar-refractivity contribution is 0.861. The Kier molecular flexibility index (Phi) is 11.2. The van der Waals surface area contributed by atoms with Gasteiger partial charge in [-0.25, -0.2) is 0 Å². The quantitative estimate of drug-likeness (QED) is 0.350. The van der Waals surface area contributed by atoms with Crippen molar-refractivity contribution in [2.24, 2.45) is 5.73 Å². The summed E-state index contributed by atoms with van der Waals surface area (Å²) < 4.78 is 1.21. The first-order valence-corrected chi connectivity index (χ1v) is 12.0. The summed E-state index contributed by atoms with van der Waals surface area (Å²) in [5.41, 5.74) is 11.2. The highest BCUT2D eigenvalue weighted by molar-refractivity contribution is 9.10.